The third kappa shape index (κ3) is 2.05. The van der Waals surface area contributed by atoms with Crippen LogP contribution in [-0.4, -0.2) is 15.5 Å². The van der Waals surface area contributed by atoms with E-state index in [0.717, 1.165) is 16.6 Å². The Morgan fingerprint density at radius 3 is 2.71 bits per heavy atom. The topological polar surface area (TPSA) is 42.2 Å². The van der Waals surface area contributed by atoms with Crippen LogP contribution in [0.2, 0.25) is 0 Å². The van der Waals surface area contributed by atoms with Crippen molar-refractivity contribution in [3.05, 3.63) is 30.0 Å². The molecule has 0 atom stereocenters. The Kier molecular flexibility index (Phi) is 2.92. The molecule has 1 heterocycles. The van der Waals surface area contributed by atoms with Crippen molar-refractivity contribution in [1.29, 1.82) is 0 Å². The van der Waals surface area contributed by atoms with Crippen molar-refractivity contribution < 1.29 is 9.90 Å². The van der Waals surface area contributed by atoms with Gasteiger partial charge in [0, 0.05) is 23.5 Å². The maximum absolute atomic E-state index is 11.3. The summed E-state index contributed by atoms with van der Waals surface area (Å²) in [5.41, 5.74) is 1.78. The molecule has 1 aromatic carbocycles. The first kappa shape index (κ1) is 11.7. The molecule has 0 radical (unpaired) electrons. The number of phenols is 1. The number of hydrogen-bond donors (Lipinski definition) is 1. The number of Topliss-reactive ketones (excluding diaryl/α,β-unsaturated/α-hetero) is 1. The van der Waals surface area contributed by atoms with Gasteiger partial charge in [-0.25, -0.2) is 0 Å². The molecule has 0 saturated carbocycles. The number of hydrogen-bond acceptors (Lipinski definition) is 2. The molecular weight excluding hydrogens is 214 g/mol. The number of phenolic OH excluding ortho intramolecular Hbond substituents is 1. The minimum absolute atomic E-state index is 0.134. The molecular formula is C14H17NO2. The molecule has 0 aliphatic rings. The number of para-hydroxylation sites is 1. The summed E-state index contributed by atoms with van der Waals surface area (Å²) in [6.45, 7) is 5.69. The Balaban J connectivity index is 2.71. The van der Waals surface area contributed by atoms with Crippen molar-refractivity contribution in [3.63, 3.8) is 0 Å². The van der Waals surface area contributed by atoms with Gasteiger partial charge in [0.1, 0.15) is 11.5 Å². The first-order valence-corrected chi connectivity index (χ1v) is 5.82. The number of ketones is 1. The van der Waals surface area contributed by atoms with Gasteiger partial charge in [-0.05, 0) is 32.9 Å². The monoisotopic (exact) mass is 231 g/mol. The van der Waals surface area contributed by atoms with E-state index in [0.29, 0.717) is 6.42 Å². The largest absolute Gasteiger partial charge is 0.506 e. The molecule has 0 saturated heterocycles. The van der Waals surface area contributed by atoms with Crippen LogP contribution < -0.4 is 0 Å². The van der Waals surface area contributed by atoms with Crippen molar-refractivity contribution >= 4 is 16.7 Å². The van der Waals surface area contributed by atoms with Crippen molar-refractivity contribution in [3.8, 4) is 5.75 Å². The zero-order valence-corrected chi connectivity index (χ0v) is 10.4. The maximum Gasteiger partial charge on any atom is 0.139 e. The van der Waals surface area contributed by atoms with Crippen LogP contribution in [0.5, 0.6) is 5.75 Å². The Labute approximate surface area is 101 Å². The lowest BCUT2D eigenvalue weighted by molar-refractivity contribution is -0.116. The van der Waals surface area contributed by atoms with Crippen LogP contribution in [0.3, 0.4) is 0 Å². The number of aromatic nitrogens is 1. The van der Waals surface area contributed by atoms with Crippen LogP contribution in [0, 0.1) is 0 Å². The van der Waals surface area contributed by atoms with Crippen LogP contribution in [-0.2, 0) is 11.2 Å². The van der Waals surface area contributed by atoms with Crippen molar-refractivity contribution in [2.24, 2.45) is 0 Å². The van der Waals surface area contributed by atoms with Gasteiger partial charge in [0.2, 0.25) is 0 Å². The summed E-state index contributed by atoms with van der Waals surface area (Å²) in [5, 5.41) is 10.9. The highest BCUT2D eigenvalue weighted by Gasteiger charge is 2.15. The number of carbonyl (C=O) groups is 1. The Morgan fingerprint density at radius 2 is 2.12 bits per heavy atom. The van der Waals surface area contributed by atoms with Gasteiger partial charge in [-0.1, -0.05) is 12.1 Å². The SMILES string of the molecule is CC(=O)Cc1cc2cccc(O)c2n1C(C)C. The van der Waals surface area contributed by atoms with Gasteiger partial charge in [0.25, 0.3) is 0 Å². The summed E-state index contributed by atoms with van der Waals surface area (Å²) in [5.74, 6) is 0.403. The fraction of sp³-hybridized carbons (Fsp3) is 0.357. The van der Waals surface area contributed by atoms with Crippen LogP contribution in [0.1, 0.15) is 32.5 Å². The number of fused-ring (bicyclic) bond motifs is 1. The first-order valence-electron chi connectivity index (χ1n) is 5.82. The van der Waals surface area contributed by atoms with Gasteiger partial charge < -0.3 is 9.67 Å². The lowest BCUT2D eigenvalue weighted by Gasteiger charge is -2.14. The molecule has 0 fully saturated rings. The summed E-state index contributed by atoms with van der Waals surface area (Å²) >= 11 is 0. The normalized spacial score (nSPS) is 11.3. The predicted molar refractivity (Wildman–Crippen MR) is 68.4 cm³/mol. The second-order valence-electron chi connectivity index (χ2n) is 4.69. The van der Waals surface area contributed by atoms with Crippen molar-refractivity contribution in [2.45, 2.75) is 33.2 Å². The van der Waals surface area contributed by atoms with E-state index in [1.807, 2.05) is 22.8 Å². The van der Waals surface area contributed by atoms with Gasteiger partial charge in [-0.3, -0.25) is 4.79 Å². The van der Waals surface area contributed by atoms with E-state index in [9.17, 15) is 9.90 Å². The molecule has 90 valence electrons. The van der Waals surface area contributed by atoms with Crippen LogP contribution in [0.4, 0.5) is 0 Å². The van der Waals surface area contributed by atoms with Crippen LogP contribution >= 0.6 is 0 Å². The molecule has 0 amide bonds. The number of benzene rings is 1. The van der Waals surface area contributed by atoms with E-state index < -0.39 is 0 Å². The van der Waals surface area contributed by atoms with Crippen molar-refractivity contribution in [1.82, 2.24) is 4.57 Å². The first-order chi connectivity index (χ1) is 8.00. The second kappa shape index (κ2) is 4.24. The van der Waals surface area contributed by atoms with Gasteiger partial charge in [0.05, 0.1) is 5.52 Å². The average Bonchev–Trinajstić information content (AvgIpc) is 2.56. The zero-order valence-electron chi connectivity index (χ0n) is 10.4. The molecule has 0 aliphatic heterocycles. The molecule has 1 N–H and O–H groups in total. The van der Waals surface area contributed by atoms with Gasteiger partial charge in [-0.15, -0.1) is 0 Å². The molecule has 2 aromatic rings. The highest BCUT2D eigenvalue weighted by molar-refractivity contribution is 5.88. The number of carbonyl (C=O) groups excluding carboxylic acids is 1. The van der Waals surface area contributed by atoms with Crippen LogP contribution in [0.15, 0.2) is 24.3 Å². The molecule has 1 aromatic heterocycles. The molecule has 3 heteroatoms. The fourth-order valence-corrected chi connectivity index (χ4v) is 2.30. The summed E-state index contributed by atoms with van der Waals surface area (Å²) in [6, 6.07) is 7.65. The molecule has 0 spiro atoms. The van der Waals surface area contributed by atoms with Crippen molar-refractivity contribution in [2.75, 3.05) is 0 Å². The predicted octanol–water partition coefficient (Wildman–Crippen LogP) is 3.06. The summed E-state index contributed by atoms with van der Waals surface area (Å²) < 4.78 is 2.03. The Bertz CT molecular complexity index is 567. The maximum atomic E-state index is 11.3. The average molecular weight is 231 g/mol. The minimum atomic E-state index is 0.134. The molecule has 3 nitrogen and oxygen atoms in total. The Hall–Kier alpha value is -1.77. The minimum Gasteiger partial charge on any atom is -0.506 e. The lowest BCUT2D eigenvalue weighted by Crippen LogP contribution is -2.08. The third-order valence-corrected chi connectivity index (χ3v) is 2.86. The van der Waals surface area contributed by atoms with E-state index in [2.05, 4.69) is 13.8 Å². The molecule has 0 aliphatic carbocycles. The van der Waals surface area contributed by atoms with Gasteiger partial charge in [-0.2, -0.15) is 0 Å². The van der Waals surface area contributed by atoms with E-state index in [4.69, 9.17) is 0 Å². The highest BCUT2D eigenvalue weighted by atomic mass is 16.3. The molecule has 17 heavy (non-hydrogen) atoms. The quantitative estimate of drug-likeness (QED) is 0.882. The van der Waals surface area contributed by atoms with Crippen LogP contribution in [0.25, 0.3) is 10.9 Å². The molecule has 2 rings (SSSR count). The van der Waals surface area contributed by atoms with Gasteiger partial charge in [0.15, 0.2) is 0 Å². The zero-order chi connectivity index (χ0) is 12.6. The van der Waals surface area contributed by atoms with E-state index in [-0.39, 0.29) is 17.6 Å². The summed E-state index contributed by atoms with van der Waals surface area (Å²) in [4.78, 5) is 11.3. The van der Waals surface area contributed by atoms with E-state index >= 15 is 0 Å². The number of nitrogens with zero attached hydrogens (tertiary/aromatic N) is 1. The fourth-order valence-electron chi connectivity index (χ4n) is 2.30. The third-order valence-electron chi connectivity index (χ3n) is 2.86. The number of aromatic hydroxyl groups is 1. The van der Waals surface area contributed by atoms with Gasteiger partial charge >= 0.3 is 0 Å². The summed E-state index contributed by atoms with van der Waals surface area (Å²) in [7, 11) is 0. The summed E-state index contributed by atoms with van der Waals surface area (Å²) in [6.07, 6.45) is 0.409. The van der Waals surface area contributed by atoms with E-state index in [1.54, 1.807) is 13.0 Å². The Morgan fingerprint density at radius 1 is 1.41 bits per heavy atom. The molecule has 0 unspecified atom stereocenters. The smallest absolute Gasteiger partial charge is 0.139 e. The highest BCUT2D eigenvalue weighted by Crippen LogP contribution is 2.31. The lowest BCUT2D eigenvalue weighted by atomic mass is 10.2. The number of rotatable bonds is 3. The van der Waals surface area contributed by atoms with E-state index in [1.165, 1.54) is 0 Å². The molecule has 0 bridgehead atoms. The second-order valence-corrected chi connectivity index (χ2v) is 4.69. The standard InChI is InChI=1S/C14H17NO2/c1-9(2)15-12(7-10(3)16)8-11-5-4-6-13(17)14(11)15/h4-6,8-9,17H,7H2,1-3H3.